The lowest BCUT2D eigenvalue weighted by Crippen LogP contribution is -2.59. The smallest absolute Gasteiger partial charge is 0.410 e. The van der Waals surface area contributed by atoms with Gasteiger partial charge in [0.1, 0.15) is 17.3 Å². The number of nitrogens with one attached hydrogen (secondary N) is 1. The second-order valence-electron chi connectivity index (χ2n) is 11.8. The summed E-state index contributed by atoms with van der Waals surface area (Å²) in [4.78, 5) is 17.0. The van der Waals surface area contributed by atoms with Crippen LogP contribution in [0.1, 0.15) is 64.5 Å². The van der Waals surface area contributed by atoms with Crippen molar-refractivity contribution in [3.8, 4) is 0 Å². The molecule has 1 amide bonds. The Labute approximate surface area is 199 Å². The van der Waals surface area contributed by atoms with Crippen molar-refractivity contribution >= 4 is 11.8 Å². The van der Waals surface area contributed by atoms with Crippen LogP contribution in [0.2, 0.25) is 0 Å². The van der Waals surface area contributed by atoms with E-state index in [9.17, 15) is 4.79 Å². The summed E-state index contributed by atoms with van der Waals surface area (Å²) in [6.45, 7) is 15.6. The Hall–Kier alpha value is -1.63. The normalized spacial score (nSPS) is 32.8. The van der Waals surface area contributed by atoms with E-state index in [1.54, 1.807) is 11.3 Å². The van der Waals surface area contributed by atoms with Crippen LogP contribution in [0.3, 0.4) is 0 Å². The molecule has 0 spiro atoms. The van der Waals surface area contributed by atoms with Gasteiger partial charge in [-0.15, -0.1) is 0 Å². The van der Waals surface area contributed by atoms with Gasteiger partial charge in [0.05, 0.1) is 12.6 Å². The summed E-state index contributed by atoms with van der Waals surface area (Å²) in [5.41, 5.74) is 4.15. The van der Waals surface area contributed by atoms with Crippen molar-refractivity contribution in [2.45, 2.75) is 90.1 Å². The Morgan fingerprint density at radius 1 is 1.15 bits per heavy atom. The van der Waals surface area contributed by atoms with E-state index in [0.29, 0.717) is 12.1 Å². The zero-order chi connectivity index (χ0) is 23.2. The van der Waals surface area contributed by atoms with Crippen molar-refractivity contribution in [1.82, 2.24) is 19.6 Å². The number of carbonyl (C=O) groups is 1. The summed E-state index contributed by atoms with van der Waals surface area (Å²) in [6, 6.07) is 9.30. The minimum absolute atomic E-state index is 0.165. The molecular weight excluding hydrogens is 412 g/mol. The molecule has 4 aliphatic heterocycles. The van der Waals surface area contributed by atoms with E-state index in [1.807, 2.05) is 25.7 Å². The molecule has 33 heavy (non-hydrogen) atoms. The molecule has 3 saturated heterocycles. The summed E-state index contributed by atoms with van der Waals surface area (Å²) in [6.07, 6.45) is 5.98. The average molecular weight is 456 g/mol. The first kappa shape index (κ1) is 23.1. The lowest BCUT2D eigenvalue weighted by atomic mass is 9.95. The van der Waals surface area contributed by atoms with Gasteiger partial charge in [-0.1, -0.05) is 6.07 Å². The highest BCUT2D eigenvalue weighted by Crippen LogP contribution is 2.40. The number of benzene rings is 1. The second kappa shape index (κ2) is 8.86. The van der Waals surface area contributed by atoms with Crippen LogP contribution in [0.4, 0.5) is 10.5 Å². The zero-order valence-electron chi connectivity index (χ0n) is 21.1. The number of ether oxygens (including phenoxy) is 1. The fraction of sp³-hybridized carbons (Fsp3) is 0.741. The van der Waals surface area contributed by atoms with Gasteiger partial charge >= 0.3 is 6.09 Å². The van der Waals surface area contributed by atoms with Gasteiger partial charge < -0.3 is 15.0 Å². The van der Waals surface area contributed by atoms with Crippen LogP contribution in [0.25, 0.3) is 0 Å². The predicted octanol–water partition coefficient (Wildman–Crippen LogP) is 3.91. The predicted molar refractivity (Wildman–Crippen MR) is 133 cm³/mol. The second-order valence-corrected chi connectivity index (χ2v) is 11.8. The highest BCUT2D eigenvalue weighted by molar-refractivity contribution is 5.68. The van der Waals surface area contributed by atoms with Gasteiger partial charge in [0.25, 0.3) is 0 Å². The van der Waals surface area contributed by atoms with Crippen LogP contribution < -0.4 is 9.80 Å². The quantitative estimate of drug-likeness (QED) is 0.702. The third-order valence-corrected chi connectivity index (χ3v) is 8.67. The van der Waals surface area contributed by atoms with Crippen molar-refractivity contribution < 1.29 is 9.53 Å². The fourth-order valence-corrected chi connectivity index (χ4v) is 6.93. The zero-order valence-corrected chi connectivity index (χ0v) is 21.1. The van der Waals surface area contributed by atoms with Crippen molar-refractivity contribution in [3.63, 3.8) is 0 Å². The summed E-state index contributed by atoms with van der Waals surface area (Å²) < 4.78 is 6.79. The van der Waals surface area contributed by atoms with Gasteiger partial charge in [-0.05, 0) is 57.7 Å². The van der Waals surface area contributed by atoms with E-state index in [4.69, 9.17) is 4.74 Å². The van der Waals surface area contributed by atoms with Crippen LogP contribution in [-0.4, -0.2) is 78.9 Å². The van der Waals surface area contributed by atoms with Gasteiger partial charge in [0.2, 0.25) is 0 Å². The van der Waals surface area contributed by atoms with Crippen LogP contribution in [-0.2, 0) is 17.7 Å². The minimum atomic E-state index is -0.432. The monoisotopic (exact) mass is 455 g/mol. The number of carbonyl (C=O) groups excluding carboxylic acids is 1. The van der Waals surface area contributed by atoms with E-state index >= 15 is 0 Å². The summed E-state index contributed by atoms with van der Waals surface area (Å²) in [5.74, 6) is 0. The van der Waals surface area contributed by atoms with Crippen molar-refractivity contribution in [1.29, 1.82) is 0 Å². The molecule has 2 unspecified atom stereocenters. The minimum Gasteiger partial charge on any atom is -0.444 e. The topological polar surface area (TPSA) is 44.8 Å². The van der Waals surface area contributed by atoms with Crippen molar-refractivity contribution in [3.05, 3.63) is 29.3 Å². The maximum atomic E-state index is 12.5. The highest BCUT2D eigenvalue weighted by Gasteiger charge is 2.48. The third kappa shape index (κ3) is 4.42. The molecule has 0 saturated carbocycles. The molecule has 0 aliphatic carbocycles. The fourth-order valence-electron chi connectivity index (χ4n) is 6.93. The first-order valence-corrected chi connectivity index (χ1v) is 13.2. The van der Waals surface area contributed by atoms with Crippen LogP contribution in [0, 0.1) is 0 Å². The molecule has 6 heteroatoms. The standard InChI is InChI=1S/C27H43N4O2/c1-20-6-5-15-31(20,25-9-12-28-17-25)24-8-7-22-18-29(13-10-21(22)16-24)23-11-14-30(19-23)26(32)33-27(2,3)4/h7-8,16,20,23,25,28H,5-6,9-15,17-19H2,1-4H3/q+1/t20-,23?,25-,31?/m0/s1. The molecule has 3 fully saturated rings. The van der Waals surface area contributed by atoms with Crippen LogP contribution in [0.5, 0.6) is 0 Å². The van der Waals surface area contributed by atoms with Gasteiger partial charge in [-0.25, -0.2) is 4.79 Å². The third-order valence-electron chi connectivity index (χ3n) is 8.67. The van der Waals surface area contributed by atoms with Crippen LogP contribution >= 0.6 is 0 Å². The molecule has 1 aromatic rings. The number of hydrogen-bond donors (Lipinski definition) is 1. The molecule has 0 bridgehead atoms. The van der Waals surface area contributed by atoms with Gasteiger partial charge in [0, 0.05) is 70.6 Å². The first-order chi connectivity index (χ1) is 15.8. The number of amides is 1. The largest absolute Gasteiger partial charge is 0.444 e. The Bertz CT molecular complexity index is 875. The number of fused-ring (bicyclic) bond motifs is 1. The number of hydrogen-bond acceptors (Lipinski definition) is 4. The van der Waals surface area contributed by atoms with E-state index in [1.165, 1.54) is 42.4 Å². The van der Waals surface area contributed by atoms with Crippen LogP contribution in [0.15, 0.2) is 18.2 Å². The number of rotatable bonds is 3. The van der Waals surface area contributed by atoms with Gasteiger partial charge in [0.15, 0.2) is 0 Å². The SMILES string of the molecule is C[C@H]1CCC[N+]1(c1ccc2c(c1)CCN(C1CCN(C(=O)OC(C)(C)C)C1)C2)[C@H]1CCNC1. The lowest BCUT2D eigenvalue weighted by Gasteiger charge is -2.44. The molecule has 0 radical (unpaired) electrons. The molecule has 4 aliphatic rings. The first-order valence-electron chi connectivity index (χ1n) is 13.2. The summed E-state index contributed by atoms with van der Waals surface area (Å²) in [5, 5.41) is 3.63. The Balaban J connectivity index is 1.28. The number of likely N-dealkylation sites (tertiary alicyclic amines) is 2. The Kier molecular flexibility index (Phi) is 6.21. The summed E-state index contributed by atoms with van der Waals surface area (Å²) in [7, 11) is 0. The van der Waals surface area contributed by atoms with E-state index in [0.717, 1.165) is 51.6 Å². The average Bonchev–Trinajstić information content (AvgIpc) is 3.53. The lowest BCUT2D eigenvalue weighted by molar-refractivity contribution is 0.0278. The number of quaternary nitrogens is 1. The molecule has 4 atom stereocenters. The van der Waals surface area contributed by atoms with E-state index < -0.39 is 5.60 Å². The van der Waals surface area contributed by atoms with Gasteiger partial charge in [-0.2, -0.15) is 0 Å². The molecule has 182 valence electrons. The maximum absolute atomic E-state index is 12.5. The Morgan fingerprint density at radius 3 is 2.70 bits per heavy atom. The van der Waals surface area contributed by atoms with Gasteiger partial charge in [-0.3, -0.25) is 9.38 Å². The molecule has 1 N–H and O–H groups in total. The van der Waals surface area contributed by atoms with Crippen molar-refractivity contribution in [2.24, 2.45) is 0 Å². The molecule has 1 aromatic carbocycles. The van der Waals surface area contributed by atoms with E-state index in [2.05, 4.69) is 35.3 Å². The van der Waals surface area contributed by atoms with E-state index in [-0.39, 0.29) is 6.09 Å². The molecule has 5 rings (SSSR count). The molecule has 6 nitrogen and oxygen atoms in total. The molecule has 4 heterocycles. The summed E-state index contributed by atoms with van der Waals surface area (Å²) >= 11 is 0. The number of nitrogens with zero attached hydrogens (tertiary/aromatic N) is 3. The Morgan fingerprint density at radius 2 is 2.00 bits per heavy atom. The maximum Gasteiger partial charge on any atom is 0.410 e. The van der Waals surface area contributed by atoms with Crippen molar-refractivity contribution in [2.75, 3.05) is 39.3 Å². The highest BCUT2D eigenvalue weighted by atomic mass is 16.6. The molecule has 0 aromatic heterocycles. The molecular formula is C27H43N4O2+.